The first kappa shape index (κ1) is 15.6. The molecule has 0 radical (unpaired) electrons. The number of hydrogen-bond donors (Lipinski definition) is 1. The Labute approximate surface area is 117 Å². The van der Waals surface area contributed by atoms with E-state index in [-0.39, 0.29) is 10.9 Å². The molecule has 1 rings (SSSR count). The average molecular weight is 336 g/mol. The highest BCUT2D eigenvalue weighted by atomic mass is 79.9. The first-order valence-corrected chi connectivity index (χ1v) is 7.86. The van der Waals surface area contributed by atoms with Crippen molar-refractivity contribution in [2.75, 3.05) is 20.6 Å². The summed E-state index contributed by atoms with van der Waals surface area (Å²) in [5, 5.41) is 0. The van der Waals surface area contributed by atoms with E-state index in [4.69, 9.17) is 0 Å². The topological polar surface area (TPSA) is 62.3 Å². The summed E-state index contributed by atoms with van der Waals surface area (Å²) in [5.74, 6) is 0. The zero-order valence-corrected chi connectivity index (χ0v) is 13.1. The molecule has 7 heteroatoms. The number of pyridine rings is 1. The van der Waals surface area contributed by atoms with Crippen LogP contribution in [0.4, 0.5) is 0 Å². The quantitative estimate of drug-likeness (QED) is 0.854. The Balaban J connectivity index is 2.70. The maximum absolute atomic E-state index is 12.1. The summed E-state index contributed by atoms with van der Waals surface area (Å²) in [6.07, 6.45) is 3.65. The molecule has 1 unspecified atom stereocenters. The Morgan fingerprint density at radius 2 is 2.11 bits per heavy atom. The van der Waals surface area contributed by atoms with Gasteiger partial charge in [-0.25, -0.2) is 13.1 Å². The second-order valence-electron chi connectivity index (χ2n) is 4.45. The van der Waals surface area contributed by atoms with Crippen LogP contribution in [0.1, 0.15) is 13.3 Å². The first-order valence-electron chi connectivity index (χ1n) is 5.59. The zero-order valence-electron chi connectivity index (χ0n) is 10.7. The highest BCUT2D eigenvalue weighted by Gasteiger charge is 2.17. The van der Waals surface area contributed by atoms with E-state index in [0.717, 1.165) is 13.0 Å². The van der Waals surface area contributed by atoms with Gasteiger partial charge in [-0.3, -0.25) is 4.98 Å². The third-order valence-electron chi connectivity index (χ3n) is 2.36. The Morgan fingerprint density at radius 1 is 1.44 bits per heavy atom. The molecular formula is C11H18BrN3O2S. The fraction of sp³-hybridized carbons (Fsp3) is 0.545. The van der Waals surface area contributed by atoms with Crippen LogP contribution in [-0.4, -0.2) is 45.0 Å². The van der Waals surface area contributed by atoms with Gasteiger partial charge in [0.05, 0.1) is 0 Å². The van der Waals surface area contributed by atoms with Crippen molar-refractivity contribution < 1.29 is 8.42 Å². The summed E-state index contributed by atoms with van der Waals surface area (Å²) < 4.78 is 27.4. The maximum Gasteiger partial charge on any atom is 0.242 e. The van der Waals surface area contributed by atoms with E-state index in [9.17, 15) is 8.42 Å². The molecule has 0 aromatic carbocycles. The largest absolute Gasteiger partial charge is 0.309 e. The summed E-state index contributed by atoms with van der Waals surface area (Å²) in [5.41, 5.74) is 0. The van der Waals surface area contributed by atoms with Crippen molar-refractivity contribution in [2.45, 2.75) is 24.3 Å². The molecule has 0 amide bonds. The van der Waals surface area contributed by atoms with Crippen LogP contribution in [0.2, 0.25) is 0 Å². The zero-order chi connectivity index (χ0) is 13.8. The number of nitrogens with zero attached hydrogens (tertiary/aromatic N) is 2. The van der Waals surface area contributed by atoms with Crippen molar-refractivity contribution in [1.29, 1.82) is 0 Å². The molecule has 0 saturated heterocycles. The van der Waals surface area contributed by atoms with Crippen LogP contribution in [0.3, 0.4) is 0 Å². The lowest BCUT2D eigenvalue weighted by molar-refractivity contribution is 0.379. The maximum atomic E-state index is 12.1. The van der Waals surface area contributed by atoms with Gasteiger partial charge in [0.15, 0.2) is 0 Å². The average Bonchev–Trinajstić information content (AvgIpc) is 2.26. The number of hydrogen-bond acceptors (Lipinski definition) is 4. The molecule has 0 saturated carbocycles. The van der Waals surface area contributed by atoms with E-state index in [0.29, 0.717) is 4.47 Å². The van der Waals surface area contributed by atoms with Crippen LogP contribution in [0.25, 0.3) is 0 Å². The van der Waals surface area contributed by atoms with Gasteiger partial charge in [0.25, 0.3) is 0 Å². The minimum atomic E-state index is -3.49. The molecular weight excluding hydrogens is 318 g/mol. The number of halogens is 1. The van der Waals surface area contributed by atoms with E-state index in [1.54, 1.807) is 6.20 Å². The molecule has 0 aliphatic carbocycles. The van der Waals surface area contributed by atoms with Gasteiger partial charge in [-0.2, -0.15) is 0 Å². The molecule has 0 fully saturated rings. The molecule has 1 aromatic heterocycles. The highest BCUT2D eigenvalue weighted by molar-refractivity contribution is 9.10. The molecule has 1 N–H and O–H groups in total. The van der Waals surface area contributed by atoms with Crippen LogP contribution < -0.4 is 4.72 Å². The van der Waals surface area contributed by atoms with Crippen molar-refractivity contribution >= 4 is 26.0 Å². The van der Waals surface area contributed by atoms with Gasteiger partial charge >= 0.3 is 0 Å². The van der Waals surface area contributed by atoms with Crippen molar-refractivity contribution in [3.63, 3.8) is 0 Å². The van der Waals surface area contributed by atoms with Gasteiger partial charge in [-0.15, -0.1) is 0 Å². The second-order valence-corrected chi connectivity index (χ2v) is 7.08. The number of nitrogens with one attached hydrogen (secondary N) is 1. The van der Waals surface area contributed by atoms with Gasteiger partial charge in [-0.1, -0.05) is 0 Å². The molecule has 1 aromatic rings. The standard InChI is InChI=1S/C11H18BrN3O2S/c1-9(4-5-15(2)3)14-18(16,17)11-6-10(12)7-13-8-11/h6-9,14H,4-5H2,1-3H3. The van der Waals surface area contributed by atoms with Gasteiger partial charge < -0.3 is 4.90 Å². The smallest absolute Gasteiger partial charge is 0.242 e. The lowest BCUT2D eigenvalue weighted by Crippen LogP contribution is -2.34. The van der Waals surface area contributed by atoms with Crippen LogP contribution in [0.5, 0.6) is 0 Å². The molecule has 1 heterocycles. The van der Waals surface area contributed by atoms with Gasteiger partial charge in [0.2, 0.25) is 10.0 Å². The molecule has 102 valence electrons. The number of rotatable bonds is 6. The van der Waals surface area contributed by atoms with E-state index in [2.05, 4.69) is 25.6 Å². The van der Waals surface area contributed by atoms with Crippen molar-refractivity contribution in [1.82, 2.24) is 14.6 Å². The summed E-state index contributed by atoms with van der Waals surface area (Å²) in [6.45, 7) is 2.69. The molecule has 0 bridgehead atoms. The number of aromatic nitrogens is 1. The minimum absolute atomic E-state index is 0.114. The summed E-state index contributed by atoms with van der Waals surface area (Å²) in [6, 6.07) is 1.42. The third kappa shape index (κ3) is 5.01. The Kier molecular flexibility index (Phi) is 5.71. The molecule has 0 aliphatic rings. The van der Waals surface area contributed by atoms with Crippen molar-refractivity contribution in [3.8, 4) is 0 Å². The van der Waals surface area contributed by atoms with Crippen LogP contribution in [-0.2, 0) is 10.0 Å². The summed E-state index contributed by atoms with van der Waals surface area (Å²) in [7, 11) is 0.425. The molecule has 1 atom stereocenters. The Hall–Kier alpha value is -0.500. The van der Waals surface area contributed by atoms with Crippen LogP contribution in [0.15, 0.2) is 27.8 Å². The van der Waals surface area contributed by atoms with E-state index >= 15 is 0 Å². The SMILES string of the molecule is CC(CCN(C)C)NS(=O)(=O)c1cncc(Br)c1. The summed E-state index contributed by atoms with van der Waals surface area (Å²) in [4.78, 5) is 6.05. The van der Waals surface area contributed by atoms with Gasteiger partial charge in [-0.05, 0) is 56.0 Å². The lowest BCUT2D eigenvalue weighted by Gasteiger charge is -2.16. The van der Waals surface area contributed by atoms with Crippen molar-refractivity contribution in [3.05, 3.63) is 22.9 Å². The van der Waals surface area contributed by atoms with Crippen LogP contribution >= 0.6 is 15.9 Å². The van der Waals surface area contributed by atoms with E-state index in [1.807, 2.05) is 25.9 Å². The van der Waals surface area contributed by atoms with Gasteiger partial charge in [0, 0.05) is 22.9 Å². The monoisotopic (exact) mass is 335 g/mol. The summed E-state index contributed by atoms with van der Waals surface area (Å²) >= 11 is 3.21. The minimum Gasteiger partial charge on any atom is -0.309 e. The fourth-order valence-corrected chi connectivity index (χ4v) is 3.16. The van der Waals surface area contributed by atoms with E-state index < -0.39 is 10.0 Å². The number of sulfonamides is 1. The Bertz CT molecular complexity index is 491. The fourth-order valence-electron chi connectivity index (χ4n) is 1.38. The Morgan fingerprint density at radius 3 is 2.67 bits per heavy atom. The van der Waals surface area contributed by atoms with Crippen molar-refractivity contribution in [2.24, 2.45) is 0 Å². The predicted octanol–water partition coefficient (Wildman–Crippen LogP) is 1.46. The molecule has 5 nitrogen and oxygen atoms in total. The normalized spacial score (nSPS) is 13.8. The predicted molar refractivity (Wildman–Crippen MR) is 74.9 cm³/mol. The molecule has 0 spiro atoms. The second kappa shape index (κ2) is 6.60. The van der Waals surface area contributed by atoms with Gasteiger partial charge in [0.1, 0.15) is 4.90 Å². The van der Waals surface area contributed by atoms with Crippen LogP contribution in [0, 0.1) is 0 Å². The highest BCUT2D eigenvalue weighted by Crippen LogP contribution is 2.14. The molecule has 0 aliphatic heterocycles. The lowest BCUT2D eigenvalue weighted by atomic mass is 10.2. The molecule has 18 heavy (non-hydrogen) atoms. The van der Waals surface area contributed by atoms with E-state index in [1.165, 1.54) is 12.3 Å². The first-order chi connectivity index (χ1) is 8.31. The third-order valence-corrected chi connectivity index (χ3v) is 4.35.